The zero-order valence-corrected chi connectivity index (χ0v) is 6.38. The molecule has 0 aliphatic heterocycles. The largest absolute Gasteiger partial charge is 0.280 e. The zero-order chi connectivity index (χ0) is 7.56. The molecular weight excluding hydrogens is 175 g/mol. The van der Waals surface area contributed by atoms with Crippen LogP contribution in [0, 0.1) is 0 Å². The molecule has 0 N–H and O–H groups in total. The predicted molar refractivity (Wildman–Crippen MR) is 38.3 cm³/mol. The van der Waals surface area contributed by atoms with Crippen LogP contribution in [0.2, 0.25) is 0 Å². The van der Waals surface area contributed by atoms with Gasteiger partial charge in [0.15, 0.2) is 4.84 Å². The van der Waals surface area contributed by atoms with Crippen LogP contribution in [0.4, 0.5) is 0 Å². The van der Waals surface area contributed by atoms with Crippen LogP contribution in [0.25, 0.3) is 0 Å². The first-order chi connectivity index (χ1) is 4.72. The fourth-order valence-corrected chi connectivity index (χ4v) is 0.699. The second-order valence-electron chi connectivity index (χ2n) is 1.59. The van der Waals surface area contributed by atoms with E-state index in [-0.39, 0.29) is 0 Å². The highest BCUT2D eigenvalue weighted by atomic mass is 35.5. The van der Waals surface area contributed by atoms with Crippen molar-refractivity contribution in [1.29, 1.82) is 0 Å². The molecule has 0 aromatic carbocycles. The number of aromatic nitrogens is 2. The third kappa shape index (κ3) is 1.49. The minimum Gasteiger partial charge on any atom is -0.269 e. The van der Waals surface area contributed by atoms with E-state index in [0.29, 0.717) is 0 Å². The number of alkyl halides is 2. The van der Waals surface area contributed by atoms with Crippen molar-refractivity contribution in [3.05, 3.63) is 18.5 Å². The molecule has 1 aromatic rings. The van der Waals surface area contributed by atoms with E-state index in [4.69, 9.17) is 23.2 Å². The molecule has 0 saturated carbocycles. The maximum Gasteiger partial charge on any atom is 0.280 e. The van der Waals surface area contributed by atoms with Crippen LogP contribution in [-0.4, -0.2) is 20.5 Å². The zero-order valence-electron chi connectivity index (χ0n) is 4.87. The number of nitrogens with zero attached hydrogens (tertiary/aromatic N) is 2. The van der Waals surface area contributed by atoms with Crippen LogP contribution in [0.3, 0.4) is 0 Å². The van der Waals surface area contributed by atoms with Crippen molar-refractivity contribution in [2.24, 2.45) is 0 Å². The standard InChI is InChI=1S/C5H4Cl2N2O/c6-4(7)5(10)9-3-1-2-8-9/h1-4H. The summed E-state index contributed by atoms with van der Waals surface area (Å²) in [5.41, 5.74) is 0. The topological polar surface area (TPSA) is 34.9 Å². The first kappa shape index (κ1) is 7.57. The molecule has 54 valence electrons. The summed E-state index contributed by atoms with van der Waals surface area (Å²) >= 11 is 10.5. The van der Waals surface area contributed by atoms with Crippen molar-refractivity contribution in [3.8, 4) is 0 Å². The van der Waals surface area contributed by atoms with Gasteiger partial charge in [-0.1, -0.05) is 23.2 Å². The molecule has 1 rings (SSSR count). The Morgan fingerprint density at radius 2 is 2.30 bits per heavy atom. The highest BCUT2D eigenvalue weighted by Gasteiger charge is 2.12. The molecule has 0 aliphatic rings. The van der Waals surface area contributed by atoms with Crippen LogP contribution in [0.15, 0.2) is 18.5 Å². The number of carbonyl (C=O) groups excluding carboxylic acids is 1. The average molecular weight is 179 g/mol. The van der Waals surface area contributed by atoms with Gasteiger partial charge in [-0.15, -0.1) is 0 Å². The number of hydrogen-bond donors (Lipinski definition) is 0. The molecule has 0 bridgehead atoms. The van der Waals surface area contributed by atoms with E-state index in [1.54, 1.807) is 6.07 Å². The first-order valence-corrected chi connectivity index (χ1v) is 3.41. The normalized spacial score (nSPS) is 10.3. The fraction of sp³-hybridized carbons (Fsp3) is 0.200. The summed E-state index contributed by atoms with van der Waals surface area (Å²) in [6, 6.07) is 1.62. The van der Waals surface area contributed by atoms with E-state index in [0.717, 1.165) is 4.68 Å². The van der Waals surface area contributed by atoms with Gasteiger partial charge in [-0.05, 0) is 6.07 Å². The van der Waals surface area contributed by atoms with E-state index in [9.17, 15) is 4.79 Å². The molecule has 0 fully saturated rings. The first-order valence-electron chi connectivity index (χ1n) is 2.54. The highest BCUT2D eigenvalue weighted by Crippen LogP contribution is 2.03. The Balaban J connectivity index is 2.78. The summed E-state index contributed by atoms with van der Waals surface area (Å²) < 4.78 is 1.09. The van der Waals surface area contributed by atoms with Gasteiger partial charge >= 0.3 is 0 Å². The monoisotopic (exact) mass is 178 g/mol. The Morgan fingerprint density at radius 3 is 2.70 bits per heavy atom. The average Bonchev–Trinajstić information content (AvgIpc) is 2.36. The lowest BCUT2D eigenvalue weighted by molar-refractivity contribution is 0.0914. The van der Waals surface area contributed by atoms with E-state index in [1.807, 2.05) is 0 Å². The van der Waals surface area contributed by atoms with Crippen molar-refractivity contribution in [3.63, 3.8) is 0 Å². The molecule has 1 heterocycles. The number of carbonyl (C=O) groups is 1. The molecule has 0 saturated heterocycles. The summed E-state index contributed by atoms with van der Waals surface area (Å²) in [4.78, 5) is 9.80. The molecule has 0 radical (unpaired) electrons. The van der Waals surface area contributed by atoms with Gasteiger partial charge in [-0.2, -0.15) is 5.10 Å². The van der Waals surface area contributed by atoms with Crippen LogP contribution in [0.5, 0.6) is 0 Å². The lowest BCUT2D eigenvalue weighted by atomic mass is 10.7. The highest BCUT2D eigenvalue weighted by molar-refractivity contribution is 6.53. The van der Waals surface area contributed by atoms with E-state index in [2.05, 4.69) is 5.10 Å². The molecule has 10 heavy (non-hydrogen) atoms. The molecule has 0 amide bonds. The summed E-state index contributed by atoms with van der Waals surface area (Å²) in [6.45, 7) is 0. The maximum atomic E-state index is 10.8. The minimum atomic E-state index is -1.04. The summed E-state index contributed by atoms with van der Waals surface area (Å²) in [7, 11) is 0. The van der Waals surface area contributed by atoms with Crippen LogP contribution in [0.1, 0.15) is 4.79 Å². The molecule has 0 aliphatic carbocycles. The third-order valence-electron chi connectivity index (χ3n) is 0.917. The van der Waals surface area contributed by atoms with Crippen LogP contribution >= 0.6 is 23.2 Å². The Kier molecular flexibility index (Phi) is 2.29. The van der Waals surface area contributed by atoms with Gasteiger partial charge in [0.2, 0.25) is 0 Å². The third-order valence-corrected chi connectivity index (χ3v) is 1.29. The van der Waals surface area contributed by atoms with E-state index >= 15 is 0 Å². The van der Waals surface area contributed by atoms with Gasteiger partial charge in [0, 0.05) is 12.4 Å². The van der Waals surface area contributed by atoms with Crippen molar-refractivity contribution < 1.29 is 4.79 Å². The lowest BCUT2D eigenvalue weighted by Gasteiger charge is -1.97. The molecule has 0 spiro atoms. The van der Waals surface area contributed by atoms with Crippen molar-refractivity contribution in [2.75, 3.05) is 0 Å². The second-order valence-corrected chi connectivity index (χ2v) is 2.69. The summed E-state index contributed by atoms with van der Waals surface area (Å²) in [5.74, 6) is -0.437. The molecule has 3 nitrogen and oxygen atoms in total. The minimum absolute atomic E-state index is 0.437. The Labute approximate surface area is 67.5 Å². The molecule has 0 atom stereocenters. The van der Waals surface area contributed by atoms with Crippen LogP contribution < -0.4 is 0 Å². The van der Waals surface area contributed by atoms with Crippen molar-refractivity contribution in [2.45, 2.75) is 4.84 Å². The molecule has 5 heteroatoms. The molecular formula is C5H4Cl2N2O. The lowest BCUT2D eigenvalue weighted by Crippen LogP contribution is -2.17. The fourth-order valence-electron chi connectivity index (χ4n) is 0.499. The smallest absolute Gasteiger partial charge is 0.269 e. The number of hydrogen-bond acceptors (Lipinski definition) is 2. The number of halogens is 2. The van der Waals surface area contributed by atoms with Crippen molar-refractivity contribution in [1.82, 2.24) is 9.78 Å². The van der Waals surface area contributed by atoms with Crippen molar-refractivity contribution >= 4 is 29.1 Å². The summed E-state index contributed by atoms with van der Waals surface area (Å²) in [6.07, 6.45) is 2.97. The van der Waals surface area contributed by atoms with Gasteiger partial charge in [0.25, 0.3) is 5.91 Å². The molecule has 0 unspecified atom stereocenters. The number of rotatable bonds is 1. The Morgan fingerprint density at radius 1 is 1.60 bits per heavy atom. The van der Waals surface area contributed by atoms with Gasteiger partial charge in [-0.25, -0.2) is 4.68 Å². The predicted octanol–water partition coefficient (Wildman–Crippen LogP) is 1.33. The maximum absolute atomic E-state index is 10.8. The summed E-state index contributed by atoms with van der Waals surface area (Å²) in [5, 5.41) is 3.64. The quantitative estimate of drug-likeness (QED) is 0.609. The van der Waals surface area contributed by atoms with Gasteiger partial charge in [0.1, 0.15) is 0 Å². The Hall–Kier alpha value is -0.540. The van der Waals surface area contributed by atoms with Gasteiger partial charge < -0.3 is 0 Å². The SMILES string of the molecule is O=C(C(Cl)Cl)n1cccn1. The van der Waals surface area contributed by atoms with E-state index in [1.165, 1.54) is 12.4 Å². The van der Waals surface area contributed by atoms with Crippen LogP contribution in [-0.2, 0) is 0 Å². The second kappa shape index (κ2) is 3.03. The van der Waals surface area contributed by atoms with Gasteiger partial charge in [-0.3, -0.25) is 4.79 Å². The molecule has 1 aromatic heterocycles. The van der Waals surface area contributed by atoms with Gasteiger partial charge in [0.05, 0.1) is 0 Å². The Bertz CT molecular complexity index is 220. The van der Waals surface area contributed by atoms with E-state index < -0.39 is 10.7 Å².